The number of amidine groups is 1. The first-order valence-corrected chi connectivity index (χ1v) is 14.7. The number of nitrogens with zero attached hydrogens (tertiary/aromatic N) is 2. The Bertz CT molecular complexity index is 1740. The van der Waals surface area contributed by atoms with Crippen LogP contribution in [0.4, 0.5) is 16.2 Å². The molecule has 0 fully saturated rings. The molecule has 3 amide bonds. The number of benzene rings is 4. The Morgan fingerprint density at radius 3 is 2.24 bits per heavy atom. The van der Waals surface area contributed by atoms with Gasteiger partial charge in [0.05, 0.1) is 6.42 Å². The van der Waals surface area contributed by atoms with Crippen LogP contribution in [0.2, 0.25) is 0 Å². The Labute approximate surface area is 265 Å². The average Bonchev–Trinajstić information content (AvgIpc) is 3.18. The van der Waals surface area contributed by atoms with E-state index in [9.17, 15) is 24.3 Å². The number of fused-ring (bicyclic) bond motifs is 1. The number of hydrogen-bond acceptors (Lipinski definition) is 6. The monoisotopic (exact) mass is 619 g/mol. The van der Waals surface area contributed by atoms with Crippen LogP contribution in [0.15, 0.2) is 108 Å². The number of rotatable bonds is 10. The standard InChI is InChI=1S/C35H33N5O6/c36-32(39-35(45)46-22-24-9-5-2-6-10-24)25-11-13-26(14-12-25)33(43)37-28-16-15-27-21-40(18-17-23-7-3-1-4-8-23)34(44)30(20-31(41)42)38-29(27)19-28/h1-16,19,30,38H,17-18,20-22H2,(H,37,43)(H,41,42)(H2,36,39,45)/t30-/m1/s1. The third-order valence-electron chi connectivity index (χ3n) is 7.42. The SMILES string of the molecule is NC(=NC(=O)OCc1ccccc1)c1ccc(C(=O)Nc2ccc3c(c2)N[C@H](CC(=O)O)C(=O)N(CCc2ccccc2)C3)cc1. The van der Waals surface area contributed by atoms with Gasteiger partial charge < -0.3 is 31.1 Å². The molecule has 1 aliphatic heterocycles. The summed E-state index contributed by atoms with van der Waals surface area (Å²) in [6, 6.07) is 29.5. The molecule has 5 rings (SSSR count). The number of aliphatic imine (C=N–C) groups is 1. The molecule has 46 heavy (non-hydrogen) atoms. The van der Waals surface area contributed by atoms with Gasteiger partial charge in [-0.1, -0.05) is 78.9 Å². The lowest BCUT2D eigenvalue weighted by atomic mass is 10.1. The fourth-order valence-corrected chi connectivity index (χ4v) is 5.00. The van der Waals surface area contributed by atoms with Gasteiger partial charge in [0.2, 0.25) is 5.91 Å². The number of carboxylic acid groups (broad SMARTS) is 1. The molecule has 5 N–H and O–H groups in total. The van der Waals surface area contributed by atoms with Crippen molar-refractivity contribution in [2.75, 3.05) is 17.2 Å². The lowest BCUT2D eigenvalue weighted by molar-refractivity contribution is -0.141. The van der Waals surface area contributed by atoms with Gasteiger partial charge in [-0.2, -0.15) is 4.99 Å². The van der Waals surface area contributed by atoms with Crippen LogP contribution in [-0.2, 0) is 33.9 Å². The molecule has 0 spiro atoms. The minimum Gasteiger partial charge on any atom is -0.481 e. The number of nitrogens with one attached hydrogen (secondary N) is 2. The van der Waals surface area contributed by atoms with Crippen LogP contribution < -0.4 is 16.4 Å². The van der Waals surface area contributed by atoms with Crippen molar-refractivity contribution in [2.45, 2.75) is 32.0 Å². The summed E-state index contributed by atoms with van der Waals surface area (Å²) >= 11 is 0. The van der Waals surface area contributed by atoms with E-state index in [0.717, 1.165) is 16.7 Å². The van der Waals surface area contributed by atoms with Crippen LogP contribution >= 0.6 is 0 Å². The van der Waals surface area contributed by atoms with E-state index in [4.69, 9.17) is 10.5 Å². The first kappa shape index (κ1) is 31.5. The molecule has 234 valence electrons. The van der Waals surface area contributed by atoms with E-state index in [1.165, 1.54) is 0 Å². The second kappa shape index (κ2) is 14.7. The Kier molecular flexibility index (Phi) is 10.0. The lowest BCUT2D eigenvalue weighted by Crippen LogP contribution is -2.42. The molecule has 0 aliphatic carbocycles. The maximum absolute atomic E-state index is 13.3. The fourth-order valence-electron chi connectivity index (χ4n) is 5.00. The van der Waals surface area contributed by atoms with Gasteiger partial charge in [0.25, 0.3) is 5.91 Å². The number of carbonyl (C=O) groups excluding carboxylic acids is 3. The van der Waals surface area contributed by atoms with Crippen molar-refractivity contribution in [3.8, 4) is 0 Å². The van der Waals surface area contributed by atoms with Crippen molar-refractivity contribution >= 4 is 41.1 Å². The molecule has 0 bridgehead atoms. The summed E-state index contributed by atoms with van der Waals surface area (Å²) in [5.74, 6) is -1.85. The predicted molar refractivity (Wildman–Crippen MR) is 173 cm³/mol. The van der Waals surface area contributed by atoms with Crippen molar-refractivity contribution in [3.05, 3.63) is 131 Å². The molecule has 4 aromatic carbocycles. The minimum atomic E-state index is -1.10. The highest BCUT2D eigenvalue weighted by molar-refractivity contribution is 6.06. The number of aliphatic carboxylic acids is 1. The van der Waals surface area contributed by atoms with Gasteiger partial charge in [-0.05, 0) is 47.4 Å². The molecule has 0 radical (unpaired) electrons. The lowest BCUT2D eigenvalue weighted by Gasteiger charge is -2.24. The first-order valence-electron chi connectivity index (χ1n) is 14.7. The normalized spacial score (nSPS) is 14.4. The predicted octanol–water partition coefficient (Wildman–Crippen LogP) is 4.82. The van der Waals surface area contributed by atoms with Gasteiger partial charge in [-0.3, -0.25) is 14.4 Å². The molecule has 0 unspecified atom stereocenters. The minimum absolute atomic E-state index is 0.0508. The van der Waals surface area contributed by atoms with Gasteiger partial charge in [0.15, 0.2) is 0 Å². The zero-order valence-corrected chi connectivity index (χ0v) is 24.9. The van der Waals surface area contributed by atoms with Crippen LogP contribution in [0, 0.1) is 0 Å². The Balaban J connectivity index is 1.24. The van der Waals surface area contributed by atoms with E-state index in [1.807, 2.05) is 60.7 Å². The topological polar surface area (TPSA) is 163 Å². The quantitative estimate of drug-likeness (QED) is 0.145. The molecule has 1 heterocycles. The molecule has 11 nitrogen and oxygen atoms in total. The summed E-state index contributed by atoms with van der Waals surface area (Å²) in [6.07, 6.45) is -0.586. The van der Waals surface area contributed by atoms with E-state index in [-0.39, 0.29) is 24.8 Å². The third-order valence-corrected chi connectivity index (χ3v) is 7.42. The van der Waals surface area contributed by atoms with Crippen LogP contribution in [0.1, 0.15) is 39.0 Å². The van der Waals surface area contributed by atoms with Crippen molar-refractivity contribution in [2.24, 2.45) is 10.7 Å². The summed E-state index contributed by atoms with van der Waals surface area (Å²) in [6.45, 7) is 0.790. The first-order chi connectivity index (χ1) is 22.2. The van der Waals surface area contributed by atoms with Crippen LogP contribution in [0.25, 0.3) is 0 Å². The summed E-state index contributed by atoms with van der Waals surface area (Å²) in [7, 11) is 0. The van der Waals surface area contributed by atoms with Crippen molar-refractivity contribution < 1.29 is 29.0 Å². The van der Waals surface area contributed by atoms with E-state index in [1.54, 1.807) is 47.4 Å². The molecular weight excluding hydrogens is 586 g/mol. The summed E-state index contributed by atoms with van der Waals surface area (Å²) in [4.78, 5) is 55.5. The fraction of sp³-hybridized carbons (Fsp3) is 0.171. The molecule has 11 heteroatoms. The largest absolute Gasteiger partial charge is 0.481 e. The Morgan fingerprint density at radius 2 is 1.57 bits per heavy atom. The summed E-state index contributed by atoms with van der Waals surface area (Å²) in [5, 5.41) is 15.4. The smallest absolute Gasteiger partial charge is 0.435 e. The molecule has 1 atom stereocenters. The van der Waals surface area contributed by atoms with Gasteiger partial charge in [0.1, 0.15) is 18.5 Å². The summed E-state index contributed by atoms with van der Waals surface area (Å²) < 4.78 is 5.14. The molecular formula is C35H33N5O6. The maximum atomic E-state index is 13.3. The third kappa shape index (κ3) is 8.35. The van der Waals surface area contributed by atoms with Crippen molar-refractivity contribution in [3.63, 3.8) is 0 Å². The van der Waals surface area contributed by atoms with E-state index >= 15 is 0 Å². The van der Waals surface area contributed by atoms with Crippen LogP contribution in [0.3, 0.4) is 0 Å². The highest BCUT2D eigenvalue weighted by atomic mass is 16.5. The zero-order valence-electron chi connectivity index (χ0n) is 24.9. The molecule has 4 aromatic rings. The number of carboxylic acids is 1. The van der Waals surface area contributed by atoms with Crippen molar-refractivity contribution in [1.29, 1.82) is 0 Å². The number of carbonyl (C=O) groups is 4. The van der Waals surface area contributed by atoms with E-state index in [2.05, 4.69) is 15.6 Å². The highest BCUT2D eigenvalue weighted by Crippen LogP contribution is 2.28. The number of hydrogen-bond donors (Lipinski definition) is 4. The van der Waals surface area contributed by atoms with E-state index in [0.29, 0.717) is 42.0 Å². The number of nitrogens with two attached hydrogens (primary N) is 1. The number of amides is 3. The average molecular weight is 620 g/mol. The number of anilines is 2. The molecule has 0 saturated carbocycles. The zero-order chi connectivity index (χ0) is 32.5. The summed E-state index contributed by atoms with van der Waals surface area (Å²) in [5.41, 5.74) is 10.5. The van der Waals surface area contributed by atoms with E-state index < -0.39 is 24.0 Å². The van der Waals surface area contributed by atoms with Crippen LogP contribution in [0.5, 0.6) is 0 Å². The van der Waals surface area contributed by atoms with Gasteiger partial charge in [0, 0.05) is 35.6 Å². The second-order valence-corrected chi connectivity index (χ2v) is 10.7. The Hall–Kier alpha value is -5.97. The highest BCUT2D eigenvalue weighted by Gasteiger charge is 2.31. The van der Waals surface area contributed by atoms with Gasteiger partial charge in [-0.15, -0.1) is 0 Å². The van der Waals surface area contributed by atoms with Gasteiger partial charge in [-0.25, -0.2) is 4.79 Å². The molecule has 0 saturated heterocycles. The van der Waals surface area contributed by atoms with Gasteiger partial charge >= 0.3 is 12.1 Å². The molecule has 1 aliphatic rings. The van der Waals surface area contributed by atoms with Crippen molar-refractivity contribution in [1.82, 2.24) is 4.90 Å². The van der Waals surface area contributed by atoms with Crippen LogP contribution in [-0.4, -0.2) is 52.3 Å². The number of ether oxygens (including phenoxy) is 1. The Morgan fingerprint density at radius 1 is 0.913 bits per heavy atom. The maximum Gasteiger partial charge on any atom is 0.435 e. The molecule has 0 aromatic heterocycles. The second-order valence-electron chi connectivity index (χ2n) is 10.7.